The van der Waals surface area contributed by atoms with E-state index < -0.39 is 0 Å². The fraction of sp³-hybridized carbons (Fsp3) is 0.467. The van der Waals surface area contributed by atoms with Gasteiger partial charge >= 0.3 is 6.03 Å². The highest BCUT2D eigenvalue weighted by Crippen LogP contribution is 2.27. The number of fused-ring (bicyclic) bond motifs is 1. The summed E-state index contributed by atoms with van der Waals surface area (Å²) in [5.41, 5.74) is 1.26. The number of carbonyl (C=O) groups is 1. The van der Waals surface area contributed by atoms with Gasteiger partial charge in [-0.1, -0.05) is 0 Å². The predicted octanol–water partition coefficient (Wildman–Crippen LogP) is 1.85. The zero-order chi connectivity index (χ0) is 16.2. The van der Waals surface area contributed by atoms with Crippen molar-refractivity contribution in [2.24, 2.45) is 0 Å². The molecule has 7 nitrogen and oxygen atoms in total. The monoisotopic (exact) mass is 332 g/mol. The van der Waals surface area contributed by atoms with Crippen LogP contribution in [0.2, 0.25) is 0 Å². The Morgan fingerprint density at radius 3 is 3.00 bits per heavy atom. The molecule has 2 N–H and O–H groups in total. The van der Waals surface area contributed by atoms with Gasteiger partial charge < -0.3 is 10.2 Å². The molecule has 2 heterocycles. The zero-order valence-corrected chi connectivity index (χ0v) is 14.1. The van der Waals surface area contributed by atoms with Gasteiger partial charge in [0.05, 0.1) is 10.7 Å². The van der Waals surface area contributed by atoms with Crippen LogP contribution >= 0.6 is 11.3 Å². The molecule has 0 aliphatic heterocycles. The molecule has 2 amide bonds. The first-order valence-corrected chi connectivity index (χ1v) is 8.45. The third kappa shape index (κ3) is 3.95. The number of anilines is 2. The van der Waals surface area contributed by atoms with Gasteiger partial charge in [0.1, 0.15) is 18.0 Å². The minimum atomic E-state index is -0.266. The molecule has 0 atom stereocenters. The molecule has 0 saturated heterocycles. The van der Waals surface area contributed by atoms with Crippen molar-refractivity contribution >= 4 is 29.0 Å². The molecule has 0 radical (unpaired) electrons. The average Bonchev–Trinajstić information content (AvgIpc) is 3.08. The van der Waals surface area contributed by atoms with Crippen molar-refractivity contribution < 1.29 is 4.79 Å². The van der Waals surface area contributed by atoms with Crippen LogP contribution in [-0.4, -0.2) is 41.6 Å². The largest absolute Gasteiger partial charge is 0.363 e. The number of hydrogen-bond donors (Lipinski definition) is 2. The van der Waals surface area contributed by atoms with E-state index in [1.165, 1.54) is 23.3 Å². The fourth-order valence-electron chi connectivity index (χ4n) is 2.45. The van der Waals surface area contributed by atoms with E-state index >= 15 is 0 Å². The van der Waals surface area contributed by atoms with E-state index in [4.69, 9.17) is 0 Å². The Kier molecular flexibility index (Phi) is 4.71. The number of thiazole rings is 1. The summed E-state index contributed by atoms with van der Waals surface area (Å²) in [5, 5.41) is 6.66. The molecule has 0 fully saturated rings. The highest BCUT2D eigenvalue weighted by atomic mass is 32.1. The molecule has 0 bridgehead atoms. The Balaban J connectivity index is 1.46. The molecule has 23 heavy (non-hydrogen) atoms. The number of amides is 2. The van der Waals surface area contributed by atoms with Crippen molar-refractivity contribution in [1.29, 1.82) is 0 Å². The van der Waals surface area contributed by atoms with Gasteiger partial charge in [0.25, 0.3) is 0 Å². The van der Waals surface area contributed by atoms with Crippen molar-refractivity contribution in [2.75, 3.05) is 30.9 Å². The highest BCUT2D eigenvalue weighted by Gasteiger charge is 2.16. The van der Waals surface area contributed by atoms with Crippen molar-refractivity contribution in [2.45, 2.75) is 25.7 Å². The van der Waals surface area contributed by atoms with Crippen LogP contribution in [0, 0.1) is 0 Å². The first-order chi connectivity index (χ1) is 11.1. The minimum Gasteiger partial charge on any atom is -0.363 e. The maximum absolute atomic E-state index is 11.9. The molecule has 2 aromatic rings. The van der Waals surface area contributed by atoms with Gasteiger partial charge in [-0.3, -0.25) is 5.32 Å². The molecule has 8 heteroatoms. The molecule has 1 aliphatic carbocycles. The molecule has 0 aromatic carbocycles. The number of urea groups is 1. The zero-order valence-electron chi connectivity index (χ0n) is 13.3. The van der Waals surface area contributed by atoms with Gasteiger partial charge in [-0.2, -0.15) is 0 Å². The van der Waals surface area contributed by atoms with Crippen LogP contribution in [0.25, 0.3) is 0 Å². The molecule has 1 aliphatic rings. The van der Waals surface area contributed by atoms with Crippen LogP contribution in [0.5, 0.6) is 0 Å². The van der Waals surface area contributed by atoms with Crippen molar-refractivity contribution in [1.82, 2.24) is 20.3 Å². The number of nitrogens with one attached hydrogen (secondary N) is 2. The molecular formula is C15H20N6OS. The van der Waals surface area contributed by atoms with Crippen LogP contribution < -0.4 is 15.5 Å². The molecule has 3 rings (SSSR count). The predicted molar refractivity (Wildman–Crippen MR) is 91.2 cm³/mol. The van der Waals surface area contributed by atoms with E-state index in [1.54, 1.807) is 17.4 Å². The fourth-order valence-corrected chi connectivity index (χ4v) is 3.61. The molecule has 2 aromatic heterocycles. The van der Waals surface area contributed by atoms with Crippen LogP contribution in [0.15, 0.2) is 12.4 Å². The summed E-state index contributed by atoms with van der Waals surface area (Å²) in [4.78, 5) is 28.0. The smallest absolute Gasteiger partial charge is 0.320 e. The minimum absolute atomic E-state index is 0.266. The van der Waals surface area contributed by atoms with Crippen LogP contribution in [0.1, 0.15) is 22.0 Å². The number of hydrogen-bond acceptors (Lipinski definition) is 6. The van der Waals surface area contributed by atoms with Crippen LogP contribution in [0.4, 0.5) is 16.4 Å². The van der Waals surface area contributed by atoms with Crippen LogP contribution in [0.3, 0.4) is 0 Å². The van der Waals surface area contributed by atoms with E-state index in [1.807, 2.05) is 19.0 Å². The Hall–Kier alpha value is -2.22. The Morgan fingerprint density at radius 2 is 2.22 bits per heavy atom. The average molecular weight is 332 g/mol. The lowest BCUT2D eigenvalue weighted by atomic mass is 10.3. The molecule has 0 saturated carbocycles. The number of carbonyl (C=O) groups excluding carboxylic acids is 1. The SMILES string of the molecule is CN(C)c1cc(NC(=O)NCCc2nc3c(s2)CCC3)ncn1. The quantitative estimate of drug-likeness (QED) is 0.873. The highest BCUT2D eigenvalue weighted by molar-refractivity contribution is 7.11. The second-order valence-corrected chi connectivity index (χ2v) is 6.79. The number of aromatic nitrogens is 3. The summed E-state index contributed by atoms with van der Waals surface area (Å²) >= 11 is 1.77. The first kappa shape index (κ1) is 15.7. The first-order valence-electron chi connectivity index (χ1n) is 7.63. The van der Waals surface area contributed by atoms with Gasteiger partial charge in [0.15, 0.2) is 0 Å². The second-order valence-electron chi connectivity index (χ2n) is 5.62. The van der Waals surface area contributed by atoms with E-state index in [0.29, 0.717) is 12.4 Å². The van der Waals surface area contributed by atoms with Gasteiger partial charge in [-0.15, -0.1) is 11.3 Å². The summed E-state index contributed by atoms with van der Waals surface area (Å²) in [6.07, 6.45) is 5.67. The lowest BCUT2D eigenvalue weighted by Gasteiger charge is -2.12. The molecular weight excluding hydrogens is 312 g/mol. The Labute approximate surface area is 139 Å². The van der Waals surface area contributed by atoms with Crippen LogP contribution in [-0.2, 0) is 19.3 Å². The lowest BCUT2D eigenvalue weighted by molar-refractivity contribution is 0.252. The third-order valence-corrected chi connectivity index (χ3v) is 4.83. The number of rotatable bonds is 5. The Morgan fingerprint density at radius 1 is 1.35 bits per heavy atom. The molecule has 0 spiro atoms. The summed E-state index contributed by atoms with van der Waals surface area (Å²) in [7, 11) is 3.77. The second kappa shape index (κ2) is 6.91. The van der Waals surface area contributed by atoms with Crippen molar-refractivity contribution in [3.8, 4) is 0 Å². The van der Waals surface area contributed by atoms with Gasteiger partial charge in [0.2, 0.25) is 0 Å². The summed E-state index contributed by atoms with van der Waals surface area (Å²) < 4.78 is 0. The third-order valence-electron chi connectivity index (χ3n) is 3.62. The van der Waals surface area contributed by atoms with Gasteiger partial charge in [-0.05, 0) is 19.3 Å². The maximum Gasteiger partial charge on any atom is 0.320 e. The van der Waals surface area contributed by atoms with Crippen molar-refractivity contribution in [3.63, 3.8) is 0 Å². The van der Waals surface area contributed by atoms with E-state index in [-0.39, 0.29) is 6.03 Å². The summed E-state index contributed by atoms with van der Waals surface area (Å²) in [5.74, 6) is 1.22. The normalized spacial score (nSPS) is 12.8. The lowest BCUT2D eigenvalue weighted by Crippen LogP contribution is -2.30. The van der Waals surface area contributed by atoms with Crippen molar-refractivity contribution in [3.05, 3.63) is 28.0 Å². The topological polar surface area (TPSA) is 83.0 Å². The molecule has 122 valence electrons. The number of aryl methyl sites for hydroxylation is 2. The summed E-state index contributed by atoms with van der Waals surface area (Å²) in [6.45, 7) is 0.559. The standard InChI is InChI=1S/C15H20N6OS/c1-21(2)13-8-12(17-9-18-13)20-15(22)16-7-6-14-19-10-4-3-5-11(10)23-14/h8-9H,3-7H2,1-2H3,(H2,16,17,18,20,22). The van der Waals surface area contributed by atoms with E-state index in [0.717, 1.165) is 30.1 Å². The van der Waals surface area contributed by atoms with E-state index in [9.17, 15) is 4.79 Å². The molecule has 0 unspecified atom stereocenters. The maximum atomic E-state index is 11.9. The van der Waals surface area contributed by atoms with Gasteiger partial charge in [0, 0.05) is 38.0 Å². The van der Waals surface area contributed by atoms with Gasteiger partial charge in [-0.25, -0.2) is 19.7 Å². The number of nitrogens with zero attached hydrogens (tertiary/aromatic N) is 4. The van der Waals surface area contributed by atoms with E-state index in [2.05, 4.69) is 25.6 Å². The Bertz CT molecular complexity index is 678. The summed E-state index contributed by atoms with van der Waals surface area (Å²) in [6, 6.07) is 1.46.